The largest absolute Gasteiger partial charge is 0.493 e. The minimum Gasteiger partial charge on any atom is -0.493 e. The second kappa shape index (κ2) is 6.03. The molecule has 0 spiro atoms. The van der Waals surface area contributed by atoms with Crippen LogP contribution in [0.3, 0.4) is 0 Å². The minimum absolute atomic E-state index is 0.0345. The summed E-state index contributed by atoms with van der Waals surface area (Å²) in [6.45, 7) is 0.663. The molecule has 0 aliphatic carbocycles. The van der Waals surface area contributed by atoms with E-state index in [4.69, 9.17) is 9.47 Å². The molecule has 1 aromatic carbocycles. The van der Waals surface area contributed by atoms with Crippen LogP contribution in [-0.2, 0) is 4.79 Å². The molecule has 1 saturated heterocycles. The van der Waals surface area contributed by atoms with E-state index in [2.05, 4.69) is 0 Å². The van der Waals surface area contributed by atoms with Crippen LogP contribution in [-0.4, -0.2) is 62.5 Å². The summed E-state index contributed by atoms with van der Waals surface area (Å²) in [6.07, 6.45) is 0.643. The zero-order chi connectivity index (χ0) is 15.6. The summed E-state index contributed by atoms with van der Waals surface area (Å²) in [5.74, 6) is 0.592. The normalized spacial score (nSPS) is 17.8. The van der Waals surface area contributed by atoms with Crippen LogP contribution in [0, 0.1) is 0 Å². The monoisotopic (exact) mass is 292 g/mol. The first kappa shape index (κ1) is 15.2. The quantitative estimate of drug-likeness (QED) is 0.831. The van der Waals surface area contributed by atoms with Gasteiger partial charge >= 0.3 is 0 Å². The van der Waals surface area contributed by atoms with E-state index in [0.717, 1.165) is 0 Å². The van der Waals surface area contributed by atoms with Crippen LogP contribution in [0.4, 0.5) is 0 Å². The Morgan fingerprint density at radius 1 is 1.33 bits per heavy atom. The number of likely N-dealkylation sites (N-methyl/N-ethyl adjacent to an activating group) is 2. The Bertz CT molecular complexity index is 559. The van der Waals surface area contributed by atoms with Crippen molar-refractivity contribution < 1.29 is 19.1 Å². The van der Waals surface area contributed by atoms with E-state index in [0.29, 0.717) is 30.0 Å². The van der Waals surface area contributed by atoms with Gasteiger partial charge in [0.05, 0.1) is 19.8 Å². The van der Waals surface area contributed by atoms with E-state index in [-0.39, 0.29) is 11.8 Å². The lowest BCUT2D eigenvalue weighted by Crippen LogP contribution is -2.42. The van der Waals surface area contributed by atoms with Gasteiger partial charge in [0, 0.05) is 20.6 Å². The highest BCUT2D eigenvalue weighted by Gasteiger charge is 2.35. The number of carbonyl (C=O) groups excluding carboxylic acids is 2. The molecule has 1 unspecified atom stereocenters. The molecule has 6 nitrogen and oxygen atoms in total. The number of ether oxygens (including phenoxy) is 2. The number of benzene rings is 1. The fraction of sp³-hybridized carbons (Fsp3) is 0.467. The molecule has 2 rings (SSSR count). The summed E-state index contributed by atoms with van der Waals surface area (Å²) >= 11 is 0. The van der Waals surface area contributed by atoms with Crippen molar-refractivity contribution in [1.29, 1.82) is 0 Å². The first-order valence-corrected chi connectivity index (χ1v) is 6.74. The van der Waals surface area contributed by atoms with E-state index in [1.165, 1.54) is 19.1 Å². The van der Waals surface area contributed by atoms with E-state index >= 15 is 0 Å². The first-order valence-electron chi connectivity index (χ1n) is 6.74. The van der Waals surface area contributed by atoms with E-state index in [1.54, 1.807) is 37.2 Å². The van der Waals surface area contributed by atoms with Crippen LogP contribution in [0.5, 0.6) is 11.5 Å². The van der Waals surface area contributed by atoms with Gasteiger partial charge in [0.1, 0.15) is 6.04 Å². The minimum atomic E-state index is -0.418. The van der Waals surface area contributed by atoms with Crippen LogP contribution < -0.4 is 9.47 Å². The zero-order valence-corrected chi connectivity index (χ0v) is 12.8. The average Bonchev–Trinajstić information content (AvgIpc) is 2.84. The van der Waals surface area contributed by atoms with Crippen molar-refractivity contribution in [3.8, 4) is 11.5 Å². The molecule has 1 aromatic rings. The Hall–Kier alpha value is -2.24. The zero-order valence-electron chi connectivity index (χ0n) is 12.8. The Kier molecular flexibility index (Phi) is 4.35. The topological polar surface area (TPSA) is 59.1 Å². The molecule has 0 radical (unpaired) electrons. The third kappa shape index (κ3) is 2.66. The van der Waals surface area contributed by atoms with Crippen LogP contribution in [0.15, 0.2) is 18.2 Å². The predicted octanol–water partition coefficient (Wildman–Crippen LogP) is 1.01. The summed E-state index contributed by atoms with van der Waals surface area (Å²) in [5, 5.41) is 0. The van der Waals surface area contributed by atoms with Gasteiger partial charge in [-0.1, -0.05) is 6.07 Å². The number of carbonyl (C=O) groups is 2. The lowest BCUT2D eigenvalue weighted by atomic mass is 10.1. The van der Waals surface area contributed by atoms with Crippen molar-refractivity contribution in [3.63, 3.8) is 0 Å². The third-order valence-corrected chi connectivity index (χ3v) is 3.82. The molecule has 0 bridgehead atoms. The number of hydrogen-bond donors (Lipinski definition) is 0. The Labute approximate surface area is 124 Å². The van der Waals surface area contributed by atoms with Gasteiger partial charge in [-0.05, 0) is 18.6 Å². The summed E-state index contributed by atoms with van der Waals surface area (Å²) < 4.78 is 10.5. The molecule has 1 aliphatic heterocycles. The summed E-state index contributed by atoms with van der Waals surface area (Å²) in [5.41, 5.74) is 0.390. The number of hydrogen-bond acceptors (Lipinski definition) is 4. The van der Waals surface area contributed by atoms with Gasteiger partial charge < -0.3 is 19.3 Å². The van der Waals surface area contributed by atoms with Gasteiger partial charge in [-0.3, -0.25) is 9.59 Å². The van der Waals surface area contributed by atoms with Gasteiger partial charge in [0.15, 0.2) is 11.5 Å². The summed E-state index contributed by atoms with van der Waals surface area (Å²) in [4.78, 5) is 27.8. The smallest absolute Gasteiger partial charge is 0.258 e. The predicted molar refractivity (Wildman–Crippen MR) is 77.7 cm³/mol. The van der Waals surface area contributed by atoms with Gasteiger partial charge in [0.2, 0.25) is 5.91 Å². The van der Waals surface area contributed by atoms with Crippen LogP contribution in [0.1, 0.15) is 16.8 Å². The number of nitrogens with zero attached hydrogens (tertiary/aromatic N) is 2. The summed E-state index contributed by atoms with van der Waals surface area (Å²) in [6, 6.07) is 4.71. The lowest BCUT2D eigenvalue weighted by Gasteiger charge is -2.24. The Balaban J connectivity index is 2.30. The summed E-state index contributed by atoms with van der Waals surface area (Å²) in [7, 11) is 6.39. The average molecular weight is 292 g/mol. The number of para-hydroxylation sites is 1. The maximum Gasteiger partial charge on any atom is 0.258 e. The molecule has 6 heteroatoms. The highest BCUT2D eigenvalue weighted by Crippen LogP contribution is 2.32. The highest BCUT2D eigenvalue weighted by atomic mass is 16.5. The molecule has 0 aromatic heterocycles. The number of likely N-dealkylation sites (tertiary alicyclic amines) is 1. The van der Waals surface area contributed by atoms with Crippen molar-refractivity contribution in [2.24, 2.45) is 0 Å². The third-order valence-electron chi connectivity index (χ3n) is 3.82. The van der Waals surface area contributed by atoms with Crippen molar-refractivity contribution in [2.45, 2.75) is 12.5 Å². The molecular weight excluding hydrogens is 272 g/mol. The maximum atomic E-state index is 12.7. The molecule has 1 fully saturated rings. The molecule has 114 valence electrons. The molecule has 21 heavy (non-hydrogen) atoms. The fourth-order valence-corrected chi connectivity index (χ4v) is 2.55. The molecule has 0 N–H and O–H groups in total. The van der Waals surface area contributed by atoms with E-state index < -0.39 is 6.04 Å². The van der Waals surface area contributed by atoms with Gasteiger partial charge in [-0.25, -0.2) is 0 Å². The van der Waals surface area contributed by atoms with Crippen molar-refractivity contribution >= 4 is 11.8 Å². The Morgan fingerprint density at radius 3 is 2.57 bits per heavy atom. The van der Waals surface area contributed by atoms with Gasteiger partial charge in [0.25, 0.3) is 5.91 Å². The second-order valence-electron chi connectivity index (χ2n) is 5.02. The van der Waals surface area contributed by atoms with Crippen molar-refractivity contribution in [3.05, 3.63) is 23.8 Å². The van der Waals surface area contributed by atoms with Crippen LogP contribution in [0.2, 0.25) is 0 Å². The lowest BCUT2D eigenvalue weighted by molar-refractivity contribution is -0.130. The van der Waals surface area contributed by atoms with Gasteiger partial charge in [-0.2, -0.15) is 0 Å². The first-order chi connectivity index (χ1) is 10.0. The second-order valence-corrected chi connectivity index (χ2v) is 5.02. The fourth-order valence-electron chi connectivity index (χ4n) is 2.55. The molecular formula is C15H20N2O4. The number of methoxy groups -OCH3 is 2. The van der Waals surface area contributed by atoms with Crippen LogP contribution in [0.25, 0.3) is 0 Å². The molecule has 1 heterocycles. The number of amides is 2. The molecule has 1 aliphatic rings. The van der Waals surface area contributed by atoms with Crippen LogP contribution >= 0.6 is 0 Å². The molecule has 2 amide bonds. The number of rotatable bonds is 4. The van der Waals surface area contributed by atoms with E-state index in [1.807, 2.05) is 0 Å². The molecule has 0 saturated carbocycles. The van der Waals surface area contributed by atoms with Crippen molar-refractivity contribution in [1.82, 2.24) is 9.80 Å². The highest BCUT2D eigenvalue weighted by molar-refractivity contribution is 6.00. The Morgan fingerprint density at radius 2 is 2.05 bits per heavy atom. The standard InChI is InChI=1S/C15H20N2O4/c1-16-9-8-11(15(16)19)17(2)14(18)10-6-5-7-12(20-3)13(10)21-4/h5-7,11H,8-9H2,1-4H3. The van der Waals surface area contributed by atoms with Crippen molar-refractivity contribution in [2.75, 3.05) is 34.9 Å². The molecule has 1 atom stereocenters. The maximum absolute atomic E-state index is 12.7. The van der Waals surface area contributed by atoms with E-state index in [9.17, 15) is 9.59 Å². The van der Waals surface area contributed by atoms with Gasteiger partial charge in [-0.15, -0.1) is 0 Å². The SMILES string of the molecule is COc1cccc(C(=O)N(C)C2CCN(C)C2=O)c1OC.